The maximum absolute atomic E-state index is 12.8. The van der Waals surface area contributed by atoms with Gasteiger partial charge in [-0.1, -0.05) is 36.4 Å². The molecule has 1 aromatic rings. The first kappa shape index (κ1) is 14.2. The van der Waals surface area contributed by atoms with Crippen molar-refractivity contribution < 1.29 is 19.1 Å². The summed E-state index contributed by atoms with van der Waals surface area (Å²) in [4.78, 5) is 24.1. The molecule has 0 N–H and O–H groups in total. The van der Waals surface area contributed by atoms with E-state index in [0.29, 0.717) is 5.57 Å². The fraction of sp³-hybridized carbons (Fsp3) is 0.389. The van der Waals surface area contributed by atoms with E-state index in [-0.39, 0.29) is 30.1 Å². The lowest BCUT2D eigenvalue weighted by Gasteiger charge is -2.32. The monoisotopic (exact) mass is 309 g/mol. The lowest BCUT2D eigenvalue weighted by molar-refractivity contribution is -0.157. The number of allylic oxidation sites excluding steroid dienone is 1. The van der Waals surface area contributed by atoms with E-state index in [0.717, 1.165) is 5.56 Å². The van der Waals surface area contributed by atoms with Gasteiger partial charge in [-0.15, -0.1) is 0 Å². The fourth-order valence-corrected chi connectivity index (χ4v) is 4.14. The number of rotatable bonds is 2. The SMILES string of the molecule is CC(=O)O[C@@]1(C#N)C[C@@H]2O[C@H]1[C@H]1C=C(c3ccccc3)C(=O)[C@H]12. The Morgan fingerprint density at radius 3 is 2.78 bits per heavy atom. The van der Waals surface area contributed by atoms with Gasteiger partial charge in [-0.05, 0) is 5.56 Å². The molecule has 2 bridgehead atoms. The predicted octanol–water partition coefficient (Wildman–Crippen LogP) is 1.88. The van der Waals surface area contributed by atoms with E-state index in [1.54, 1.807) is 0 Å². The molecule has 0 spiro atoms. The number of ether oxygens (including phenoxy) is 2. The van der Waals surface area contributed by atoms with E-state index in [1.165, 1.54) is 6.92 Å². The summed E-state index contributed by atoms with van der Waals surface area (Å²) in [6, 6.07) is 11.6. The van der Waals surface area contributed by atoms with Crippen molar-refractivity contribution in [2.24, 2.45) is 11.8 Å². The minimum atomic E-state index is -1.28. The van der Waals surface area contributed by atoms with Gasteiger partial charge in [0.1, 0.15) is 12.2 Å². The quantitative estimate of drug-likeness (QED) is 0.780. The summed E-state index contributed by atoms with van der Waals surface area (Å²) < 4.78 is 11.1. The molecule has 5 atom stereocenters. The zero-order valence-electron chi connectivity index (χ0n) is 12.6. The van der Waals surface area contributed by atoms with E-state index in [1.807, 2.05) is 36.4 Å². The topological polar surface area (TPSA) is 76.4 Å². The number of Topliss-reactive ketones (excluding diaryl/α,β-unsaturated/α-hetero) is 1. The number of hydrogen-bond donors (Lipinski definition) is 0. The summed E-state index contributed by atoms with van der Waals surface area (Å²) in [7, 11) is 0. The molecule has 2 fully saturated rings. The molecule has 5 heteroatoms. The van der Waals surface area contributed by atoms with Gasteiger partial charge in [0, 0.05) is 24.8 Å². The normalized spacial score (nSPS) is 37.2. The van der Waals surface area contributed by atoms with Gasteiger partial charge < -0.3 is 9.47 Å². The Kier molecular flexibility index (Phi) is 2.94. The Morgan fingerprint density at radius 1 is 1.39 bits per heavy atom. The summed E-state index contributed by atoms with van der Waals surface area (Å²) >= 11 is 0. The molecule has 5 nitrogen and oxygen atoms in total. The van der Waals surface area contributed by atoms with Gasteiger partial charge >= 0.3 is 5.97 Å². The average Bonchev–Trinajstić information content (AvgIpc) is 3.17. The van der Waals surface area contributed by atoms with Gasteiger partial charge in [0.05, 0.1) is 12.0 Å². The molecule has 0 amide bonds. The molecule has 1 aromatic carbocycles. The molecular formula is C18H15NO4. The van der Waals surface area contributed by atoms with Crippen molar-refractivity contribution in [3.63, 3.8) is 0 Å². The zero-order valence-corrected chi connectivity index (χ0v) is 12.6. The minimum absolute atomic E-state index is 0.0584. The Morgan fingerprint density at radius 2 is 2.13 bits per heavy atom. The highest BCUT2D eigenvalue weighted by Crippen LogP contribution is 2.55. The van der Waals surface area contributed by atoms with Crippen LogP contribution in [0.4, 0.5) is 0 Å². The largest absolute Gasteiger partial charge is 0.441 e. The van der Waals surface area contributed by atoms with E-state index in [4.69, 9.17) is 9.47 Å². The second-order valence-corrected chi connectivity index (χ2v) is 6.31. The van der Waals surface area contributed by atoms with Crippen LogP contribution in [0.25, 0.3) is 5.57 Å². The molecule has 0 aromatic heterocycles. The van der Waals surface area contributed by atoms with Crippen LogP contribution < -0.4 is 0 Å². The number of nitrogens with zero attached hydrogens (tertiary/aromatic N) is 1. The Labute approximate surface area is 133 Å². The number of fused-ring (bicyclic) bond motifs is 5. The van der Waals surface area contributed by atoms with E-state index in [2.05, 4.69) is 6.07 Å². The van der Waals surface area contributed by atoms with E-state index in [9.17, 15) is 14.9 Å². The van der Waals surface area contributed by atoms with Gasteiger partial charge in [-0.3, -0.25) is 9.59 Å². The molecule has 0 radical (unpaired) electrons. The van der Waals surface area contributed by atoms with Crippen LogP contribution in [0.1, 0.15) is 18.9 Å². The Bertz CT molecular complexity index is 763. The predicted molar refractivity (Wildman–Crippen MR) is 79.8 cm³/mol. The number of nitriles is 1. The van der Waals surface area contributed by atoms with Crippen LogP contribution in [0.15, 0.2) is 36.4 Å². The molecule has 4 rings (SSSR count). The highest BCUT2D eigenvalue weighted by atomic mass is 16.6. The van der Waals surface area contributed by atoms with Crippen molar-refractivity contribution in [2.45, 2.75) is 31.2 Å². The van der Waals surface area contributed by atoms with Crippen LogP contribution in [0.3, 0.4) is 0 Å². The van der Waals surface area contributed by atoms with Crippen molar-refractivity contribution >= 4 is 17.3 Å². The van der Waals surface area contributed by atoms with Gasteiger partial charge in [0.15, 0.2) is 5.78 Å². The first-order valence-corrected chi connectivity index (χ1v) is 7.63. The zero-order chi connectivity index (χ0) is 16.2. The van der Waals surface area contributed by atoms with Crippen LogP contribution in [-0.2, 0) is 19.1 Å². The molecule has 23 heavy (non-hydrogen) atoms. The molecule has 3 aliphatic rings. The molecule has 1 aliphatic carbocycles. The maximum Gasteiger partial charge on any atom is 0.304 e. The molecule has 2 aliphatic heterocycles. The summed E-state index contributed by atoms with van der Waals surface area (Å²) in [5.74, 6) is -0.929. The van der Waals surface area contributed by atoms with Gasteiger partial charge in [0.25, 0.3) is 0 Å². The Balaban J connectivity index is 1.71. The van der Waals surface area contributed by atoms with Crippen LogP contribution in [0.5, 0.6) is 0 Å². The first-order valence-electron chi connectivity index (χ1n) is 7.63. The van der Waals surface area contributed by atoms with Crippen molar-refractivity contribution in [3.8, 4) is 6.07 Å². The van der Waals surface area contributed by atoms with E-state index >= 15 is 0 Å². The smallest absolute Gasteiger partial charge is 0.304 e. The Hall–Kier alpha value is -2.45. The number of ketones is 1. The number of benzene rings is 1. The van der Waals surface area contributed by atoms with Gasteiger partial charge in [-0.25, -0.2) is 0 Å². The summed E-state index contributed by atoms with van der Waals surface area (Å²) in [6.45, 7) is 1.29. The number of esters is 1. The second-order valence-electron chi connectivity index (χ2n) is 6.31. The van der Waals surface area contributed by atoms with E-state index < -0.39 is 17.7 Å². The molecule has 0 unspecified atom stereocenters. The molecular weight excluding hydrogens is 294 g/mol. The van der Waals surface area contributed by atoms with Crippen LogP contribution >= 0.6 is 0 Å². The van der Waals surface area contributed by atoms with Gasteiger partial charge in [-0.2, -0.15) is 5.26 Å². The van der Waals surface area contributed by atoms with Crippen molar-refractivity contribution in [1.82, 2.24) is 0 Å². The van der Waals surface area contributed by atoms with Crippen molar-refractivity contribution in [2.75, 3.05) is 0 Å². The highest BCUT2D eigenvalue weighted by molar-refractivity contribution is 6.24. The standard InChI is InChI=1S/C18H15NO4/c1-10(20)23-18(9-19)8-14-15-13(17(18)22-14)7-12(16(15)21)11-5-3-2-4-6-11/h2-7,13-15,17H,8H2,1H3/t13-,14-,15+,17-,18+/m0/s1. The second kappa shape index (κ2) is 4.77. The lowest BCUT2D eigenvalue weighted by atomic mass is 9.73. The summed E-state index contributed by atoms with van der Waals surface area (Å²) in [5.41, 5.74) is 0.275. The average molecular weight is 309 g/mol. The van der Waals surface area contributed by atoms with Crippen LogP contribution in [-0.4, -0.2) is 29.6 Å². The highest BCUT2D eigenvalue weighted by Gasteiger charge is 2.67. The number of carbonyl (C=O) groups excluding carboxylic acids is 2. The number of hydrogen-bond acceptors (Lipinski definition) is 5. The lowest BCUT2D eigenvalue weighted by Crippen LogP contribution is -2.48. The third-order valence-electron chi connectivity index (χ3n) is 4.98. The van der Waals surface area contributed by atoms with Gasteiger partial charge in [0.2, 0.25) is 5.60 Å². The molecule has 116 valence electrons. The maximum atomic E-state index is 12.8. The fourth-order valence-electron chi connectivity index (χ4n) is 4.14. The molecule has 0 saturated carbocycles. The summed E-state index contributed by atoms with van der Waals surface area (Å²) in [6.07, 6.45) is 1.21. The first-order chi connectivity index (χ1) is 11.1. The minimum Gasteiger partial charge on any atom is -0.441 e. The number of carbonyl (C=O) groups is 2. The molecule has 2 saturated heterocycles. The van der Waals surface area contributed by atoms with Crippen molar-refractivity contribution in [3.05, 3.63) is 42.0 Å². The molecule has 2 heterocycles. The van der Waals surface area contributed by atoms with Crippen molar-refractivity contribution in [1.29, 1.82) is 5.26 Å². The summed E-state index contributed by atoms with van der Waals surface area (Å²) in [5, 5.41) is 9.54. The third-order valence-corrected chi connectivity index (χ3v) is 4.98. The van der Waals surface area contributed by atoms with Crippen LogP contribution in [0, 0.1) is 23.2 Å². The van der Waals surface area contributed by atoms with Crippen LogP contribution in [0.2, 0.25) is 0 Å². The third kappa shape index (κ3) is 1.88.